The number of carbonyl (C=O) groups is 2. The number of nitrogens with one attached hydrogen (secondary N) is 2. The van der Waals surface area contributed by atoms with E-state index in [0.29, 0.717) is 47.6 Å². The fourth-order valence-corrected chi connectivity index (χ4v) is 4.14. The Bertz CT molecular complexity index is 858. The van der Waals surface area contributed by atoms with Crippen LogP contribution >= 0.6 is 38.9 Å². The Balaban J connectivity index is 1.49. The molecule has 0 saturated carbocycles. The third-order valence-electron chi connectivity index (χ3n) is 3.91. The molecule has 1 atom stereocenters. The monoisotopic (exact) mass is 472 g/mol. The molecule has 0 fully saturated rings. The van der Waals surface area contributed by atoms with E-state index in [2.05, 4.69) is 26.6 Å². The highest BCUT2D eigenvalue weighted by atomic mass is 79.9. The van der Waals surface area contributed by atoms with Gasteiger partial charge in [0.15, 0.2) is 11.5 Å². The first-order valence-electron chi connectivity index (χ1n) is 8.36. The van der Waals surface area contributed by atoms with Gasteiger partial charge in [-0.05, 0) is 59.1 Å². The molecule has 0 radical (unpaired) electrons. The van der Waals surface area contributed by atoms with Gasteiger partial charge in [-0.2, -0.15) is 0 Å². The maximum Gasteiger partial charge on any atom is 0.262 e. The average molecular weight is 474 g/mol. The van der Waals surface area contributed by atoms with Crippen molar-refractivity contribution in [1.29, 1.82) is 0 Å². The van der Waals surface area contributed by atoms with Crippen molar-refractivity contribution in [3.63, 3.8) is 0 Å². The SMILES string of the molecule is CC(NC(=O)c1ccc(Br)s1)C(=O)NCCc1cc(Cl)c2c(c1)OCCO2. The quantitative estimate of drug-likeness (QED) is 0.674. The first-order chi connectivity index (χ1) is 12.9. The molecule has 144 valence electrons. The fourth-order valence-electron chi connectivity index (χ4n) is 2.56. The number of carbonyl (C=O) groups excluding carboxylic acids is 2. The normalized spacial score (nSPS) is 13.7. The van der Waals surface area contributed by atoms with Crippen LogP contribution in [0.25, 0.3) is 0 Å². The smallest absolute Gasteiger partial charge is 0.262 e. The zero-order chi connectivity index (χ0) is 19.4. The lowest BCUT2D eigenvalue weighted by molar-refractivity contribution is -0.122. The maximum atomic E-state index is 12.2. The summed E-state index contributed by atoms with van der Waals surface area (Å²) in [6.07, 6.45) is 0.584. The minimum atomic E-state index is -0.637. The van der Waals surface area contributed by atoms with Crippen LogP contribution in [0.3, 0.4) is 0 Å². The van der Waals surface area contributed by atoms with E-state index in [1.807, 2.05) is 6.07 Å². The Hall–Kier alpha value is -1.77. The van der Waals surface area contributed by atoms with Crippen LogP contribution in [0, 0.1) is 0 Å². The fraction of sp³-hybridized carbons (Fsp3) is 0.333. The van der Waals surface area contributed by atoms with Gasteiger partial charge >= 0.3 is 0 Å². The highest BCUT2D eigenvalue weighted by molar-refractivity contribution is 9.11. The van der Waals surface area contributed by atoms with Crippen LogP contribution in [0.4, 0.5) is 0 Å². The van der Waals surface area contributed by atoms with Crippen LogP contribution in [-0.4, -0.2) is 37.6 Å². The molecule has 0 saturated heterocycles. The number of halogens is 2. The molecule has 27 heavy (non-hydrogen) atoms. The van der Waals surface area contributed by atoms with Gasteiger partial charge < -0.3 is 20.1 Å². The second-order valence-electron chi connectivity index (χ2n) is 5.94. The van der Waals surface area contributed by atoms with Crippen molar-refractivity contribution in [2.24, 2.45) is 0 Å². The van der Waals surface area contributed by atoms with Gasteiger partial charge in [-0.25, -0.2) is 0 Å². The predicted molar refractivity (Wildman–Crippen MR) is 108 cm³/mol. The highest BCUT2D eigenvalue weighted by Crippen LogP contribution is 2.38. The van der Waals surface area contributed by atoms with Gasteiger partial charge in [0.1, 0.15) is 19.3 Å². The molecule has 2 aromatic rings. The molecule has 0 bridgehead atoms. The molecule has 2 N–H and O–H groups in total. The molecular weight excluding hydrogens is 456 g/mol. The van der Waals surface area contributed by atoms with Crippen molar-refractivity contribution < 1.29 is 19.1 Å². The van der Waals surface area contributed by atoms with Gasteiger partial charge in [0.05, 0.1) is 13.7 Å². The van der Waals surface area contributed by atoms with Crippen molar-refractivity contribution in [2.75, 3.05) is 19.8 Å². The Morgan fingerprint density at radius 2 is 2.07 bits per heavy atom. The number of fused-ring (bicyclic) bond motifs is 1. The lowest BCUT2D eigenvalue weighted by Crippen LogP contribution is -2.45. The van der Waals surface area contributed by atoms with Crippen LogP contribution in [-0.2, 0) is 11.2 Å². The topological polar surface area (TPSA) is 76.7 Å². The molecule has 6 nitrogen and oxygen atoms in total. The Morgan fingerprint density at radius 1 is 1.30 bits per heavy atom. The molecular formula is C18H18BrClN2O4S. The van der Waals surface area contributed by atoms with E-state index in [9.17, 15) is 9.59 Å². The van der Waals surface area contributed by atoms with Crippen LogP contribution in [0.1, 0.15) is 22.2 Å². The van der Waals surface area contributed by atoms with Crippen LogP contribution in [0.15, 0.2) is 28.1 Å². The van der Waals surface area contributed by atoms with E-state index in [4.69, 9.17) is 21.1 Å². The minimum Gasteiger partial charge on any atom is -0.486 e. The van der Waals surface area contributed by atoms with Crippen LogP contribution in [0.2, 0.25) is 5.02 Å². The number of hydrogen-bond acceptors (Lipinski definition) is 5. The second-order valence-corrected chi connectivity index (χ2v) is 8.81. The summed E-state index contributed by atoms with van der Waals surface area (Å²) in [6, 6.07) is 6.54. The number of thiophene rings is 1. The third-order valence-corrected chi connectivity index (χ3v) is 5.81. The molecule has 1 aliphatic rings. The number of amides is 2. The van der Waals surface area contributed by atoms with Gasteiger partial charge in [-0.15, -0.1) is 11.3 Å². The van der Waals surface area contributed by atoms with Crippen molar-refractivity contribution >= 4 is 50.7 Å². The summed E-state index contributed by atoms with van der Waals surface area (Å²) >= 11 is 10.8. The zero-order valence-corrected chi connectivity index (χ0v) is 17.7. The van der Waals surface area contributed by atoms with E-state index < -0.39 is 6.04 Å². The summed E-state index contributed by atoms with van der Waals surface area (Å²) in [5.74, 6) is 0.666. The maximum absolute atomic E-state index is 12.2. The predicted octanol–water partition coefficient (Wildman–Crippen LogP) is 3.41. The Labute approximate surface area is 174 Å². The third kappa shape index (κ3) is 5.15. The van der Waals surface area contributed by atoms with E-state index in [0.717, 1.165) is 9.35 Å². The second kappa shape index (κ2) is 8.95. The summed E-state index contributed by atoms with van der Waals surface area (Å²) in [4.78, 5) is 24.9. The van der Waals surface area contributed by atoms with Crippen molar-refractivity contribution in [2.45, 2.75) is 19.4 Å². The number of rotatable bonds is 6. The Morgan fingerprint density at radius 3 is 2.81 bits per heavy atom. The van der Waals surface area contributed by atoms with Crippen molar-refractivity contribution in [1.82, 2.24) is 10.6 Å². The van der Waals surface area contributed by atoms with E-state index in [1.54, 1.807) is 25.1 Å². The summed E-state index contributed by atoms with van der Waals surface area (Å²) < 4.78 is 11.9. The molecule has 0 aliphatic carbocycles. The molecule has 1 unspecified atom stereocenters. The molecule has 2 amide bonds. The first-order valence-corrected chi connectivity index (χ1v) is 10.3. The standard InChI is InChI=1S/C18H18BrClN2O4S/c1-10(22-18(24)14-2-3-15(19)27-14)17(23)21-5-4-11-8-12(20)16-13(9-11)25-6-7-26-16/h2-3,8-10H,4-7H2,1H3,(H,21,23)(H,22,24). The van der Waals surface area contributed by atoms with Crippen LogP contribution < -0.4 is 20.1 Å². The molecule has 1 aromatic heterocycles. The van der Waals surface area contributed by atoms with Gasteiger partial charge in [0.2, 0.25) is 5.91 Å². The summed E-state index contributed by atoms with van der Waals surface area (Å²) in [5, 5.41) is 6.00. The largest absolute Gasteiger partial charge is 0.486 e. The van der Waals surface area contributed by atoms with Gasteiger partial charge in [-0.1, -0.05) is 11.6 Å². The van der Waals surface area contributed by atoms with E-state index in [-0.39, 0.29) is 11.8 Å². The van der Waals surface area contributed by atoms with E-state index in [1.165, 1.54) is 11.3 Å². The number of hydrogen-bond donors (Lipinski definition) is 2. The molecule has 1 aliphatic heterocycles. The van der Waals surface area contributed by atoms with Crippen molar-refractivity contribution in [3.05, 3.63) is 43.5 Å². The summed E-state index contributed by atoms with van der Waals surface area (Å²) in [6.45, 7) is 3.03. The highest BCUT2D eigenvalue weighted by Gasteiger charge is 2.19. The Kier molecular flexibility index (Phi) is 6.62. The van der Waals surface area contributed by atoms with Gasteiger partial charge in [0.25, 0.3) is 5.91 Å². The van der Waals surface area contributed by atoms with E-state index >= 15 is 0 Å². The summed E-state index contributed by atoms with van der Waals surface area (Å²) in [7, 11) is 0. The summed E-state index contributed by atoms with van der Waals surface area (Å²) in [5.41, 5.74) is 0.935. The molecule has 0 spiro atoms. The zero-order valence-electron chi connectivity index (χ0n) is 14.5. The van der Waals surface area contributed by atoms with Gasteiger partial charge in [-0.3, -0.25) is 9.59 Å². The van der Waals surface area contributed by atoms with Crippen molar-refractivity contribution in [3.8, 4) is 11.5 Å². The number of benzene rings is 1. The molecule has 9 heteroatoms. The number of ether oxygens (including phenoxy) is 2. The molecule has 3 rings (SSSR count). The minimum absolute atomic E-state index is 0.248. The lowest BCUT2D eigenvalue weighted by Gasteiger charge is -2.20. The molecule has 1 aromatic carbocycles. The van der Waals surface area contributed by atoms with Crippen LogP contribution in [0.5, 0.6) is 11.5 Å². The van der Waals surface area contributed by atoms with Gasteiger partial charge in [0, 0.05) is 6.54 Å². The average Bonchev–Trinajstić information content (AvgIpc) is 3.08. The lowest BCUT2D eigenvalue weighted by atomic mass is 10.1. The first kappa shape index (κ1) is 20.0. The molecule has 2 heterocycles.